The molecule has 2 heteroatoms. The van der Waals surface area contributed by atoms with Crippen LogP contribution < -0.4 is 5.32 Å². The Balaban J connectivity index is 2.60. The first-order valence-corrected chi connectivity index (χ1v) is 8.87. The predicted octanol–water partition coefficient (Wildman–Crippen LogP) is 4.82. The van der Waals surface area contributed by atoms with Crippen LogP contribution in [-0.2, 0) is 6.42 Å². The van der Waals surface area contributed by atoms with Crippen molar-refractivity contribution in [2.75, 3.05) is 18.1 Å². The molecule has 108 valence electrons. The van der Waals surface area contributed by atoms with Gasteiger partial charge in [-0.2, -0.15) is 11.8 Å². The van der Waals surface area contributed by atoms with E-state index in [0.717, 1.165) is 6.54 Å². The summed E-state index contributed by atoms with van der Waals surface area (Å²) in [5.74, 6) is 2.44. The fourth-order valence-electron chi connectivity index (χ4n) is 2.14. The summed E-state index contributed by atoms with van der Waals surface area (Å²) in [4.78, 5) is 0. The van der Waals surface area contributed by atoms with E-state index in [2.05, 4.69) is 62.1 Å². The normalized spacial score (nSPS) is 12.6. The highest BCUT2D eigenvalue weighted by atomic mass is 32.2. The average Bonchev–Trinajstić information content (AvgIpc) is 2.44. The van der Waals surface area contributed by atoms with Crippen molar-refractivity contribution in [3.8, 4) is 0 Å². The molecular formula is C17H29NS. The number of hydrogen-bond donors (Lipinski definition) is 1. The Morgan fingerprint density at radius 1 is 1.00 bits per heavy atom. The van der Waals surface area contributed by atoms with Gasteiger partial charge in [0, 0.05) is 11.8 Å². The molecule has 0 aromatic heterocycles. The van der Waals surface area contributed by atoms with Gasteiger partial charge in [0.2, 0.25) is 0 Å². The number of nitrogens with one attached hydrogen (secondary N) is 1. The summed E-state index contributed by atoms with van der Waals surface area (Å²) < 4.78 is 0. The molecular weight excluding hydrogens is 250 g/mol. The van der Waals surface area contributed by atoms with Crippen molar-refractivity contribution in [2.24, 2.45) is 0 Å². The average molecular weight is 279 g/mol. The van der Waals surface area contributed by atoms with Crippen LogP contribution >= 0.6 is 11.8 Å². The third kappa shape index (κ3) is 6.49. The first-order chi connectivity index (χ1) is 9.31. The van der Waals surface area contributed by atoms with Crippen LogP contribution in [0, 0.1) is 0 Å². The van der Waals surface area contributed by atoms with Gasteiger partial charge in [-0.15, -0.1) is 0 Å². The zero-order valence-electron chi connectivity index (χ0n) is 12.7. The molecule has 0 saturated heterocycles. The van der Waals surface area contributed by atoms with Crippen molar-refractivity contribution in [1.29, 1.82) is 0 Å². The SMILES string of the molecule is CCCNC(CSCCC)c1ccc(CCC)cc1. The van der Waals surface area contributed by atoms with E-state index in [0.29, 0.717) is 6.04 Å². The lowest BCUT2D eigenvalue weighted by molar-refractivity contribution is 0.577. The molecule has 0 aliphatic heterocycles. The van der Waals surface area contributed by atoms with Gasteiger partial charge in [0.15, 0.2) is 0 Å². The monoisotopic (exact) mass is 279 g/mol. The van der Waals surface area contributed by atoms with Gasteiger partial charge >= 0.3 is 0 Å². The minimum atomic E-state index is 0.507. The van der Waals surface area contributed by atoms with Crippen molar-refractivity contribution in [3.05, 3.63) is 35.4 Å². The fraction of sp³-hybridized carbons (Fsp3) is 0.647. The smallest absolute Gasteiger partial charge is 0.0411 e. The molecule has 1 unspecified atom stereocenters. The maximum Gasteiger partial charge on any atom is 0.0411 e. The van der Waals surface area contributed by atoms with E-state index in [9.17, 15) is 0 Å². The van der Waals surface area contributed by atoms with Gasteiger partial charge in [0.1, 0.15) is 0 Å². The molecule has 1 nitrogen and oxygen atoms in total. The summed E-state index contributed by atoms with van der Waals surface area (Å²) >= 11 is 2.06. The molecule has 1 rings (SSSR count). The maximum absolute atomic E-state index is 3.68. The van der Waals surface area contributed by atoms with Crippen molar-refractivity contribution in [2.45, 2.75) is 52.5 Å². The minimum absolute atomic E-state index is 0.507. The van der Waals surface area contributed by atoms with Crippen LogP contribution in [0.1, 0.15) is 57.2 Å². The van der Waals surface area contributed by atoms with Gasteiger partial charge in [0.05, 0.1) is 0 Å². The molecule has 0 heterocycles. The molecule has 0 aliphatic rings. The second-order valence-electron chi connectivity index (χ2n) is 5.07. The van der Waals surface area contributed by atoms with Gasteiger partial charge in [-0.3, -0.25) is 0 Å². The Morgan fingerprint density at radius 3 is 2.32 bits per heavy atom. The molecule has 0 bridgehead atoms. The van der Waals surface area contributed by atoms with E-state index in [-0.39, 0.29) is 0 Å². The first-order valence-electron chi connectivity index (χ1n) is 7.71. The van der Waals surface area contributed by atoms with Gasteiger partial charge in [-0.1, -0.05) is 51.5 Å². The standard InChI is InChI=1S/C17H29NS/c1-4-7-15-8-10-16(11-9-15)17(18-12-5-2)14-19-13-6-3/h8-11,17-18H,4-7,12-14H2,1-3H3. The number of hydrogen-bond acceptors (Lipinski definition) is 2. The quantitative estimate of drug-likeness (QED) is 0.616. The Morgan fingerprint density at radius 2 is 1.74 bits per heavy atom. The summed E-state index contributed by atoms with van der Waals surface area (Å²) in [6.07, 6.45) is 4.88. The highest BCUT2D eigenvalue weighted by Crippen LogP contribution is 2.20. The van der Waals surface area contributed by atoms with E-state index in [4.69, 9.17) is 0 Å². The number of aryl methyl sites for hydroxylation is 1. The van der Waals surface area contributed by atoms with Crippen LogP contribution in [0.4, 0.5) is 0 Å². The summed E-state index contributed by atoms with van der Waals surface area (Å²) in [6, 6.07) is 9.72. The molecule has 0 fully saturated rings. The van der Waals surface area contributed by atoms with Crippen molar-refractivity contribution in [3.63, 3.8) is 0 Å². The van der Waals surface area contributed by atoms with Crippen LogP contribution in [0.25, 0.3) is 0 Å². The molecule has 0 spiro atoms. The third-order valence-electron chi connectivity index (χ3n) is 3.19. The second kappa shape index (κ2) is 10.3. The number of rotatable bonds is 10. The lowest BCUT2D eigenvalue weighted by atomic mass is 10.0. The largest absolute Gasteiger partial charge is 0.309 e. The van der Waals surface area contributed by atoms with Gasteiger partial charge in [-0.25, -0.2) is 0 Å². The molecule has 1 atom stereocenters. The summed E-state index contributed by atoms with van der Waals surface area (Å²) in [5.41, 5.74) is 2.90. The Labute approximate surface area is 123 Å². The third-order valence-corrected chi connectivity index (χ3v) is 4.46. The van der Waals surface area contributed by atoms with Crippen LogP contribution in [0.15, 0.2) is 24.3 Å². The topological polar surface area (TPSA) is 12.0 Å². The molecule has 1 aromatic carbocycles. The Kier molecular flexibility index (Phi) is 9.02. The van der Waals surface area contributed by atoms with Crippen LogP contribution in [0.3, 0.4) is 0 Å². The number of benzene rings is 1. The Bertz CT molecular complexity index is 321. The molecule has 19 heavy (non-hydrogen) atoms. The summed E-state index contributed by atoms with van der Waals surface area (Å²) in [6.45, 7) is 7.82. The lowest BCUT2D eigenvalue weighted by Crippen LogP contribution is -2.24. The first kappa shape index (κ1) is 16.6. The van der Waals surface area contributed by atoms with Gasteiger partial charge < -0.3 is 5.32 Å². The van der Waals surface area contributed by atoms with E-state index >= 15 is 0 Å². The van der Waals surface area contributed by atoms with E-state index in [1.165, 1.54) is 48.3 Å². The molecule has 0 radical (unpaired) electrons. The summed E-state index contributed by atoms with van der Waals surface area (Å²) in [5, 5.41) is 3.68. The second-order valence-corrected chi connectivity index (χ2v) is 6.22. The van der Waals surface area contributed by atoms with Crippen LogP contribution in [0.2, 0.25) is 0 Å². The fourth-order valence-corrected chi connectivity index (χ4v) is 3.14. The van der Waals surface area contributed by atoms with Crippen molar-refractivity contribution < 1.29 is 0 Å². The van der Waals surface area contributed by atoms with E-state index in [1.807, 2.05) is 0 Å². The van der Waals surface area contributed by atoms with Crippen molar-refractivity contribution in [1.82, 2.24) is 5.32 Å². The maximum atomic E-state index is 3.68. The van der Waals surface area contributed by atoms with E-state index in [1.54, 1.807) is 0 Å². The van der Waals surface area contributed by atoms with Gasteiger partial charge in [0.25, 0.3) is 0 Å². The van der Waals surface area contributed by atoms with Crippen molar-refractivity contribution >= 4 is 11.8 Å². The van der Waals surface area contributed by atoms with Crippen LogP contribution in [0.5, 0.6) is 0 Å². The number of thioether (sulfide) groups is 1. The highest BCUT2D eigenvalue weighted by Gasteiger charge is 2.10. The molecule has 0 amide bonds. The molecule has 0 aliphatic carbocycles. The van der Waals surface area contributed by atoms with E-state index < -0.39 is 0 Å². The van der Waals surface area contributed by atoms with Crippen LogP contribution in [-0.4, -0.2) is 18.1 Å². The molecule has 1 aromatic rings. The zero-order valence-corrected chi connectivity index (χ0v) is 13.6. The minimum Gasteiger partial charge on any atom is -0.309 e. The Hall–Kier alpha value is -0.470. The van der Waals surface area contributed by atoms with Gasteiger partial charge in [-0.05, 0) is 42.7 Å². The summed E-state index contributed by atoms with van der Waals surface area (Å²) in [7, 11) is 0. The molecule has 0 saturated carbocycles. The highest BCUT2D eigenvalue weighted by molar-refractivity contribution is 7.99. The lowest BCUT2D eigenvalue weighted by Gasteiger charge is -2.19. The molecule has 1 N–H and O–H groups in total. The zero-order chi connectivity index (χ0) is 13.9. The predicted molar refractivity (Wildman–Crippen MR) is 89.1 cm³/mol.